The molecule has 0 radical (unpaired) electrons. The second-order valence-corrected chi connectivity index (χ2v) is 8.77. The van der Waals surface area contributed by atoms with Gasteiger partial charge in [0.25, 0.3) is 0 Å². The average Bonchev–Trinajstić information content (AvgIpc) is 3.57. The molecule has 2 atom stereocenters. The molecule has 188 valence electrons. The molecule has 3 heterocycles. The molecule has 9 heteroatoms. The monoisotopic (exact) mass is 514 g/mol. The number of aromatic nitrogens is 2. The highest BCUT2D eigenvalue weighted by Crippen LogP contribution is 2.46. The second-order valence-electron chi connectivity index (χ2n) is 8.38. The van der Waals surface area contributed by atoms with Crippen molar-refractivity contribution in [3.05, 3.63) is 102 Å². The van der Waals surface area contributed by atoms with Crippen molar-refractivity contribution in [3.8, 4) is 17.2 Å². The number of benzene rings is 2. The molecule has 1 N–H and O–H groups in total. The summed E-state index contributed by atoms with van der Waals surface area (Å²) in [4.78, 5) is 18.9. The minimum Gasteiger partial charge on any atom is -0.497 e. The Morgan fingerprint density at radius 1 is 0.973 bits per heavy atom. The second kappa shape index (κ2) is 10.3. The van der Waals surface area contributed by atoms with Gasteiger partial charge in [0.1, 0.15) is 17.5 Å². The quantitative estimate of drug-likeness (QED) is 0.277. The number of carbonyl (C=O) groups is 1. The van der Waals surface area contributed by atoms with Crippen molar-refractivity contribution in [1.29, 1.82) is 0 Å². The van der Waals surface area contributed by atoms with Gasteiger partial charge in [-0.1, -0.05) is 12.1 Å². The maximum atomic E-state index is 12.2. The van der Waals surface area contributed by atoms with Gasteiger partial charge in [0.05, 0.1) is 44.3 Å². The van der Waals surface area contributed by atoms with Crippen LogP contribution in [-0.4, -0.2) is 42.0 Å². The molecule has 1 saturated heterocycles. The van der Waals surface area contributed by atoms with Crippen LogP contribution in [0.3, 0.4) is 0 Å². The Morgan fingerprint density at radius 2 is 1.84 bits per heavy atom. The van der Waals surface area contributed by atoms with Gasteiger partial charge in [-0.2, -0.15) is 0 Å². The maximum absolute atomic E-state index is 12.2. The predicted octanol–water partition coefficient (Wildman–Crippen LogP) is 4.85. The summed E-state index contributed by atoms with van der Waals surface area (Å²) in [5.74, 6) is 0.940. The van der Waals surface area contributed by atoms with Gasteiger partial charge in [0.2, 0.25) is 0 Å². The van der Waals surface area contributed by atoms with Crippen LogP contribution in [0, 0.1) is 0 Å². The van der Waals surface area contributed by atoms with E-state index < -0.39 is 5.97 Å². The van der Waals surface area contributed by atoms with E-state index >= 15 is 0 Å². The summed E-state index contributed by atoms with van der Waals surface area (Å²) in [6.07, 6.45) is 3.73. The lowest BCUT2D eigenvalue weighted by Gasteiger charge is -2.30. The lowest BCUT2D eigenvalue weighted by Crippen LogP contribution is -2.30. The van der Waals surface area contributed by atoms with Gasteiger partial charge in [0, 0.05) is 29.8 Å². The van der Waals surface area contributed by atoms with Gasteiger partial charge in [0.15, 0.2) is 5.11 Å². The summed E-state index contributed by atoms with van der Waals surface area (Å²) >= 11 is 5.89. The summed E-state index contributed by atoms with van der Waals surface area (Å²) in [6, 6.07) is 22.2. The molecule has 8 nitrogen and oxygen atoms in total. The molecule has 4 aromatic rings. The summed E-state index contributed by atoms with van der Waals surface area (Å²) < 4.78 is 18.2. The van der Waals surface area contributed by atoms with Crippen molar-refractivity contribution in [2.45, 2.75) is 12.1 Å². The number of thiocarbonyl (C=S) groups is 1. The van der Waals surface area contributed by atoms with E-state index in [1.165, 1.54) is 7.11 Å². The first-order chi connectivity index (χ1) is 18.0. The predicted molar refractivity (Wildman–Crippen MR) is 145 cm³/mol. The number of carbonyl (C=O) groups excluding carboxylic acids is 1. The molecular weight excluding hydrogens is 488 g/mol. The zero-order valence-electron chi connectivity index (χ0n) is 20.6. The molecule has 0 amide bonds. The van der Waals surface area contributed by atoms with Crippen LogP contribution in [0.15, 0.2) is 85.2 Å². The molecule has 5 rings (SSSR count). The van der Waals surface area contributed by atoms with E-state index in [9.17, 15) is 4.79 Å². The van der Waals surface area contributed by atoms with E-state index in [2.05, 4.69) is 10.3 Å². The van der Waals surface area contributed by atoms with Gasteiger partial charge in [-0.3, -0.25) is 4.98 Å². The molecule has 37 heavy (non-hydrogen) atoms. The topological polar surface area (TPSA) is 77.9 Å². The van der Waals surface area contributed by atoms with Crippen LogP contribution >= 0.6 is 12.2 Å². The summed E-state index contributed by atoms with van der Waals surface area (Å²) in [5, 5.41) is 4.01. The molecule has 0 aliphatic carbocycles. The van der Waals surface area contributed by atoms with E-state index in [1.54, 1.807) is 26.5 Å². The molecular formula is C28H26N4O4S. The lowest BCUT2D eigenvalue weighted by molar-refractivity contribution is 0.0600. The van der Waals surface area contributed by atoms with Crippen molar-refractivity contribution in [1.82, 2.24) is 14.9 Å². The number of nitrogens with one attached hydrogen (secondary N) is 1. The molecule has 0 unspecified atom stereocenters. The first-order valence-electron chi connectivity index (χ1n) is 11.6. The van der Waals surface area contributed by atoms with Crippen LogP contribution in [0.4, 0.5) is 5.69 Å². The van der Waals surface area contributed by atoms with Crippen molar-refractivity contribution in [2.75, 3.05) is 26.2 Å². The van der Waals surface area contributed by atoms with Crippen molar-refractivity contribution in [3.63, 3.8) is 0 Å². The Kier molecular flexibility index (Phi) is 6.78. The zero-order chi connectivity index (χ0) is 25.9. The van der Waals surface area contributed by atoms with Gasteiger partial charge < -0.3 is 29.0 Å². The molecule has 0 spiro atoms. The summed E-state index contributed by atoms with van der Waals surface area (Å²) in [6.45, 7) is 0. The van der Waals surface area contributed by atoms with E-state index in [0.29, 0.717) is 22.2 Å². The SMILES string of the molecule is COC(=O)c1cccc(-n2cccc2[C@@H]2[C@H](c3ccccn3)NC(=S)N2c2cc(OC)ccc2OC)c1. The number of esters is 1. The van der Waals surface area contributed by atoms with Crippen LogP contribution < -0.4 is 19.7 Å². The van der Waals surface area contributed by atoms with Crippen LogP contribution in [0.5, 0.6) is 11.5 Å². The number of pyridine rings is 1. The van der Waals surface area contributed by atoms with Crippen LogP contribution in [-0.2, 0) is 4.74 Å². The highest BCUT2D eigenvalue weighted by atomic mass is 32.1. The van der Waals surface area contributed by atoms with Crippen LogP contribution in [0.2, 0.25) is 0 Å². The van der Waals surface area contributed by atoms with Gasteiger partial charge in [-0.05, 0) is 66.8 Å². The largest absolute Gasteiger partial charge is 0.497 e. The Labute approximate surface area is 220 Å². The van der Waals surface area contributed by atoms with Crippen molar-refractivity contribution >= 4 is 29.0 Å². The Balaban J connectivity index is 1.69. The van der Waals surface area contributed by atoms with E-state index in [4.69, 9.17) is 26.4 Å². The van der Waals surface area contributed by atoms with Crippen molar-refractivity contribution < 1.29 is 19.0 Å². The van der Waals surface area contributed by atoms with Gasteiger partial charge in [-0.25, -0.2) is 4.79 Å². The van der Waals surface area contributed by atoms with Crippen LogP contribution in [0.25, 0.3) is 5.69 Å². The molecule has 0 saturated carbocycles. The molecule has 2 aromatic heterocycles. The smallest absolute Gasteiger partial charge is 0.337 e. The third-order valence-electron chi connectivity index (χ3n) is 6.37. The highest BCUT2D eigenvalue weighted by molar-refractivity contribution is 7.80. The first kappa shape index (κ1) is 24.3. The molecule has 1 fully saturated rings. The minimum atomic E-state index is -0.395. The zero-order valence-corrected chi connectivity index (χ0v) is 21.4. The number of rotatable bonds is 7. The lowest BCUT2D eigenvalue weighted by atomic mass is 10.0. The minimum absolute atomic E-state index is 0.262. The number of hydrogen-bond donors (Lipinski definition) is 1. The average molecular weight is 515 g/mol. The number of methoxy groups -OCH3 is 3. The molecule has 2 aromatic carbocycles. The van der Waals surface area contributed by atoms with E-state index in [-0.39, 0.29) is 12.1 Å². The van der Waals surface area contributed by atoms with Crippen LogP contribution in [0.1, 0.15) is 33.8 Å². The summed E-state index contributed by atoms with van der Waals surface area (Å²) in [5.41, 5.74) is 3.83. The maximum Gasteiger partial charge on any atom is 0.337 e. The highest BCUT2D eigenvalue weighted by Gasteiger charge is 2.43. The Bertz CT molecular complexity index is 1440. The third kappa shape index (κ3) is 4.49. The van der Waals surface area contributed by atoms with E-state index in [0.717, 1.165) is 22.8 Å². The normalized spacial score (nSPS) is 16.8. The fraction of sp³-hybridized carbons (Fsp3) is 0.179. The van der Waals surface area contributed by atoms with Gasteiger partial charge in [-0.15, -0.1) is 0 Å². The number of anilines is 1. The fourth-order valence-electron chi connectivity index (χ4n) is 4.67. The number of ether oxygens (including phenoxy) is 3. The number of nitrogens with zero attached hydrogens (tertiary/aromatic N) is 3. The number of hydrogen-bond acceptors (Lipinski definition) is 6. The van der Waals surface area contributed by atoms with E-state index in [1.807, 2.05) is 82.4 Å². The standard InChI is InChI=1S/C28H26N4O4S/c1-34-20-12-13-24(35-2)23(17-20)32-26(25(30-28(32)37)21-10-4-5-14-29-21)22-11-7-15-31(22)19-9-6-8-18(16-19)27(33)36-3/h4-17,25-26H,1-3H3,(H,30,37)/t25-,26+/m0/s1. The summed E-state index contributed by atoms with van der Waals surface area (Å²) in [7, 11) is 4.63. The first-order valence-corrected chi connectivity index (χ1v) is 12.0. The third-order valence-corrected chi connectivity index (χ3v) is 6.69. The Hall–Kier alpha value is -4.37. The Morgan fingerprint density at radius 3 is 2.57 bits per heavy atom. The molecule has 0 bridgehead atoms. The molecule has 1 aliphatic rings. The molecule has 1 aliphatic heterocycles. The van der Waals surface area contributed by atoms with Crippen molar-refractivity contribution in [2.24, 2.45) is 0 Å². The van der Waals surface area contributed by atoms with Gasteiger partial charge >= 0.3 is 5.97 Å². The fourth-order valence-corrected chi connectivity index (χ4v) is 5.01.